The van der Waals surface area contributed by atoms with Gasteiger partial charge in [-0.15, -0.1) is 0 Å². The van der Waals surface area contributed by atoms with Crippen LogP contribution >= 0.6 is 0 Å². The lowest BCUT2D eigenvalue weighted by Gasteiger charge is -2.12. The van der Waals surface area contributed by atoms with Crippen molar-refractivity contribution in [2.75, 3.05) is 0 Å². The molecule has 0 aliphatic rings. The summed E-state index contributed by atoms with van der Waals surface area (Å²) >= 11 is 0. The van der Waals surface area contributed by atoms with Crippen LogP contribution < -0.4 is 4.74 Å². The first kappa shape index (κ1) is 9.85. The van der Waals surface area contributed by atoms with Crippen molar-refractivity contribution in [1.29, 1.82) is 0 Å². The van der Waals surface area contributed by atoms with Crippen LogP contribution in [0.4, 0.5) is 0 Å². The van der Waals surface area contributed by atoms with Crippen molar-refractivity contribution in [3.05, 3.63) is 42.0 Å². The highest BCUT2D eigenvalue weighted by atomic mass is 16.5. The van der Waals surface area contributed by atoms with Gasteiger partial charge in [0.15, 0.2) is 0 Å². The molecule has 13 heavy (non-hydrogen) atoms. The molecule has 0 aliphatic heterocycles. The molecule has 0 saturated heterocycles. The second-order valence-electron chi connectivity index (χ2n) is 3.32. The van der Waals surface area contributed by atoms with E-state index >= 15 is 0 Å². The molecule has 1 aromatic carbocycles. The predicted octanol–water partition coefficient (Wildman–Crippen LogP) is 3.12. The minimum Gasteiger partial charge on any atom is -0.491 e. The molecule has 1 aromatic rings. The smallest absolute Gasteiger partial charge is 0.122 e. The third-order valence-corrected chi connectivity index (χ3v) is 1.74. The van der Waals surface area contributed by atoms with Crippen molar-refractivity contribution in [3.63, 3.8) is 0 Å². The van der Waals surface area contributed by atoms with Crippen molar-refractivity contribution < 1.29 is 4.74 Å². The average Bonchev–Trinajstić information content (AvgIpc) is 2.08. The Kier molecular flexibility index (Phi) is 3.13. The molecule has 69 valence electrons. The molecule has 0 amide bonds. The lowest BCUT2D eigenvalue weighted by Crippen LogP contribution is -2.06. The van der Waals surface area contributed by atoms with Gasteiger partial charge in [-0.25, -0.2) is 0 Å². The molecule has 1 heteroatoms. The summed E-state index contributed by atoms with van der Waals surface area (Å²) in [4.78, 5) is 0. The van der Waals surface area contributed by atoms with Crippen LogP contribution in [-0.4, -0.2) is 6.10 Å². The fraction of sp³-hybridized carbons (Fsp3) is 0.333. The van der Waals surface area contributed by atoms with E-state index in [9.17, 15) is 0 Å². The van der Waals surface area contributed by atoms with E-state index in [2.05, 4.69) is 12.7 Å². The van der Waals surface area contributed by atoms with Gasteiger partial charge < -0.3 is 4.74 Å². The zero-order chi connectivity index (χ0) is 9.84. The Labute approximate surface area is 80.0 Å². The van der Waals surface area contributed by atoms with Crippen LogP contribution in [0.2, 0.25) is 0 Å². The standard InChI is InChI=1S/C12H15O/c1-5-11-6-7-12(10(4)8-11)13-9(2)3/h6-9H,1H2,2-4H3. The second-order valence-corrected chi connectivity index (χ2v) is 3.32. The van der Waals surface area contributed by atoms with E-state index in [1.807, 2.05) is 39.0 Å². The molecule has 1 nitrogen and oxygen atoms in total. The lowest BCUT2D eigenvalue weighted by atomic mass is 10.1. The molecule has 0 fully saturated rings. The molecular weight excluding hydrogens is 160 g/mol. The molecule has 0 aromatic heterocycles. The molecule has 0 saturated carbocycles. The minimum atomic E-state index is 0.220. The summed E-state index contributed by atoms with van der Waals surface area (Å²) in [6.45, 7) is 9.66. The second kappa shape index (κ2) is 4.13. The summed E-state index contributed by atoms with van der Waals surface area (Å²) in [6, 6.07) is 5.94. The largest absolute Gasteiger partial charge is 0.491 e. The van der Waals surface area contributed by atoms with Crippen molar-refractivity contribution in [2.45, 2.75) is 26.9 Å². The highest BCUT2D eigenvalue weighted by Gasteiger charge is 2.01. The Bertz CT molecular complexity index is 300. The Morgan fingerprint density at radius 2 is 2.08 bits per heavy atom. The first-order valence-corrected chi connectivity index (χ1v) is 4.44. The van der Waals surface area contributed by atoms with Crippen LogP contribution in [0.1, 0.15) is 25.0 Å². The monoisotopic (exact) mass is 175 g/mol. The van der Waals surface area contributed by atoms with Crippen LogP contribution in [0, 0.1) is 13.0 Å². The summed E-state index contributed by atoms with van der Waals surface area (Å²) in [5.74, 6) is 0.939. The summed E-state index contributed by atoms with van der Waals surface area (Å²) in [7, 11) is 0. The number of benzene rings is 1. The maximum absolute atomic E-state index is 5.60. The van der Waals surface area contributed by atoms with E-state index < -0.39 is 0 Å². The SMILES string of the molecule is C=[C]c1ccc(OC(C)C)c(C)c1. The fourth-order valence-electron chi connectivity index (χ4n) is 1.15. The zero-order valence-electron chi connectivity index (χ0n) is 8.42. The average molecular weight is 175 g/mol. The molecule has 1 radical (unpaired) electrons. The predicted molar refractivity (Wildman–Crippen MR) is 54.9 cm³/mol. The van der Waals surface area contributed by atoms with Crippen LogP contribution in [-0.2, 0) is 0 Å². The zero-order valence-corrected chi connectivity index (χ0v) is 8.42. The Hall–Kier alpha value is -1.24. The first-order chi connectivity index (χ1) is 6.13. The topological polar surface area (TPSA) is 9.23 Å². The van der Waals surface area contributed by atoms with Gasteiger partial charge in [0.2, 0.25) is 0 Å². The number of hydrogen-bond acceptors (Lipinski definition) is 1. The van der Waals surface area contributed by atoms with Gasteiger partial charge in [0.05, 0.1) is 6.10 Å². The maximum atomic E-state index is 5.60. The van der Waals surface area contributed by atoms with Gasteiger partial charge in [-0.2, -0.15) is 0 Å². The molecular formula is C12H15O. The minimum absolute atomic E-state index is 0.220. The Morgan fingerprint density at radius 1 is 1.38 bits per heavy atom. The molecule has 0 N–H and O–H groups in total. The van der Waals surface area contributed by atoms with Crippen molar-refractivity contribution in [1.82, 2.24) is 0 Å². The highest BCUT2D eigenvalue weighted by molar-refractivity contribution is 5.38. The Morgan fingerprint density at radius 3 is 2.54 bits per heavy atom. The van der Waals surface area contributed by atoms with E-state index in [4.69, 9.17) is 4.74 Å². The van der Waals surface area contributed by atoms with Crippen molar-refractivity contribution in [2.24, 2.45) is 0 Å². The van der Waals surface area contributed by atoms with E-state index in [0.717, 1.165) is 16.9 Å². The fourth-order valence-corrected chi connectivity index (χ4v) is 1.15. The van der Waals surface area contributed by atoms with Gasteiger partial charge in [0.25, 0.3) is 0 Å². The molecule has 0 aliphatic carbocycles. The molecule has 0 heterocycles. The van der Waals surface area contributed by atoms with E-state index in [1.165, 1.54) is 0 Å². The lowest BCUT2D eigenvalue weighted by molar-refractivity contribution is 0.241. The molecule has 1 rings (SSSR count). The van der Waals surface area contributed by atoms with Gasteiger partial charge in [-0.05, 0) is 50.1 Å². The first-order valence-electron chi connectivity index (χ1n) is 4.44. The third kappa shape index (κ3) is 2.62. The van der Waals surface area contributed by atoms with Gasteiger partial charge >= 0.3 is 0 Å². The van der Waals surface area contributed by atoms with Gasteiger partial charge in [-0.1, -0.05) is 12.6 Å². The number of ether oxygens (including phenoxy) is 1. The summed E-state index contributed by atoms with van der Waals surface area (Å²) < 4.78 is 5.60. The number of aryl methyl sites for hydroxylation is 1. The quantitative estimate of drug-likeness (QED) is 0.685. The van der Waals surface area contributed by atoms with E-state index in [-0.39, 0.29) is 6.10 Å². The molecule has 0 unspecified atom stereocenters. The Balaban J connectivity index is 2.91. The molecule has 0 bridgehead atoms. The van der Waals surface area contributed by atoms with Gasteiger partial charge in [0.1, 0.15) is 5.75 Å². The van der Waals surface area contributed by atoms with Crippen molar-refractivity contribution in [3.8, 4) is 5.75 Å². The van der Waals surface area contributed by atoms with Crippen LogP contribution in [0.3, 0.4) is 0 Å². The van der Waals surface area contributed by atoms with E-state index in [1.54, 1.807) is 0 Å². The summed E-state index contributed by atoms with van der Waals surface area (Å²) in [6.07, 6.45) is 3.06. The number of hydrogen-bond donors (Lipinski definition) is 0. The summed E-state index contributed by atoms with van der Waals surface area (Å²) in [5.41, 5.74) is 2.14. The van der Waals surface area contributed by atoms with Gasteiger partial charge in [-0.3, -0.25) is 0 Å². The van der Waals surface area contributed by atoms with Crippen molar-refractivity contribution >= 4 is 0 Å². The molecule has 0 spiro atoms. The third-order valence-electron chi connectivity index (χ3n) is 1.74. The van der Waals surface area contributed by atoms with Crippen LogP contribution in [0.15, 0.2) is 24.8 Å². The van der Waals surface area contributed by atoms with E-state index in [0.29, 0.717) is 0 Å². The van der Waals surface area contributed by atoms with Crippen LogP contribution in [0.5, 0.6) is 5.75 Å². The van der Waals surface area contributed by atoms with Gasteiger partial charge in [0, 0.05) is 0 Å². The normalized spacial score (nSPS) is 10.2. The highest BCUT2D eigenvalue weighted by Crippen LogP contribution is 2.20. The van der Waals surface area contributed by atoms with Crippen LogP contribution in [0.25, 0.3) is 0 Å². The summed E-state index contributed by atoms with van der Waals surface area (Å²) in [5, 5.41) is 0. The molecule has 0 atom stereocenters. The number of rotatable bonds is 3. The maximum Gasteiger partial charge on any atom is 0.122 e.